The SMILES string of the molecule is C=CCNC(=O)CN1CCN(C(=O)CCc2nc3cc(S(=O)(=O)N(C)C)ccc3n2CC)CC1. The van der Waals surface area contributed by atoms with Gasteiger partial charge in [0.1, 0.15) is 5.82 Å². The molecule has 1 saturated heterocycles. The molecule has 1 aliphatic heterocycles. The van der Waals surface area contributed by atoms with Crippen LogP contribution in [0.4, 0.5) is 0 Å². The third-order valence-electron chi connectivity index (χ3n) is 5.99. The molecule has 10 nitrogen and oxygen atoms in total. The van der Waals surface area contributed by atoms with Crippen molar-refractivity contribution in [1.82, 2.24) is 29.0 Å². The molecular formula is C23H34N6O4S. The van der Waals surface area contributed by atoms with Crippen molar-refractivity contribution in [3.05, 3.63) is 36.7 Å². The molecule has 1 N–H and O–H groups in total. The van der Waals surface area contributed by atoms with Gasteiger partial charge in [-0.15, -0.1) is 6.58 Å². The van der Waals surface area contributed by atoms with Crippen LogP contribution in [0.5, 0.6) is 0 Å². The van der Waals surface area contributed by atoms with Gasteiger partial charge in [0.25, 0.3) is 0 Å². The number of benzene rings is 1. The van der Waals surface area contributed by atoms with E-state index < -0.39 is 10.0 Å². The molecule has 0 aliphatic carbocycles. The fourth-order valence-electron chi connectivity index (χ4n) is 4.05. The van der Waals surface area contributed by atoms with Crippen LogP contribution in [0.1, 0.15) is 19.2 Å². The summed E-state index contributed by atoms with van der Waals surface area (Å²) in [5, 5.41) is 2.77. The van der Waals surface area contributed by atoms with E-state index in [1.165, 1.54) is 18.4 Å². The largest absolute Gasteiger partial charge is 0.352 e. The predicted octanol–water partition coefficient (Wildman–Crippen LogP) is 0.686. The van der Waals surface area contributed by atoms with Gasteiger partial charge in [-0.05, 0) is 25.1 Å². The molecule has 11 heteroatoms. The van der Waals surface area contributed by atoms with Gasteiger partial charge in [0.2, 0.25) is 21.8 Å². The Bertz CT molecular complexity index is 1150. The average molecular weight is 491 g/mol. The number of carbonyl (C=O) groups excluding carboxylic acids is 2. The lowest BCUT2D eigenvalue weighted by atomic mass is 10.2. The maximum atomic E-state index is 12.8. The Balaban J connectivity index is 1.61. The number of nitrogens with zero attached hydrogens (tertiary/aromatic N) is 5. The maximum Gasteiger partial charge on any atom is 0.242 e. The molecule has 0 unspecified atom stereocenters. The Morgan fingerprint density at radius 2 is 1.91 bits per heavy atom. The molecule has 0 saturated carbocycles. The molecule has 2 heterocycles. The molecule has 0 spiro atoms. The summed E-state index contributed by atoms with van der Waals surface area (Å²) in [7, 11) is -0.549. The van der Waals surface area contributed by atoms with Gasteiger partial charge in [0.15, 0.2) is 0 Å². The van der Waals surface area contributed by atoms with Crippen molar-refractivity contribution in [3.63, 3.8) is 0 Å². The molecule has 0 atom stereocenters. The van der Waals surface area contributed by atoms with E-state index in [9.17, 15) is 18.0 Å². The zero-order chi connectivity index (χ0) is 24.9. The van der Waals surface area contributed by atoms with E-state index in [1.54, 1.807) is 24.3 Å². The minimum absolute atomic E-state index is 0.0420. The third-order valence-corrected chi connectivity index (χ3v) is 7.80. The second-order valence-corrected chi connectivity index (χ2v) is 10.6. The van der Waals surface area contributed by atoms with E-state index in [0.29, 0.717) is 64.2 Å². The van der Waals surface area contributed by atoms with Gasteiger partial charge in [-0.25, -0.2) is 17.7 Å². The lowest BCUT2D eigenvalue weighted by Crippen LogP contribution is -2.51. The van der Waals surface area contributed by atoms with Crippen LogP contribution >= 0.6 is 0 Å². The molecule has 34 heavy (non-hydrogen) atoms. The number of piperazine rings is 1. The summed E-state index contributed by atoms with van der Waals surface area (Å²) in [5.41, 5.74) is 1.46. The fourth-order valence-corrected chi connectivity index (χ4v) is 4.97. The molecule has 2 amide bonds. The fraction of sp³-hybridized carbons (Fsp3) is 0.522. The van der Waals surface area contributed by atoms with Crippen molar-refractivity contribution in [2.24, 2.45) is 0 Å². The van der Waals surface area contributed by atoms with Gasteiger partial charge < -0.3 is 14.8 Å². The van der Waals surface area contributed by atoms with Crippen molar-refractivity contribution < 1.29 is 18.0 Å². The van der Waals surface area contributed by atoms with E-state index in [2.05, 4.69) is 16.9 Å². The first kappa shape index (κ1) is 25.9. The Kier molecular flexibility index (Phi) is 8.45. The third kappa shape index (κ3) is 5.83. The monoisotopic (exact) mass is 490 g/mol. The number of hydrogen-bond donors (Lipinski definition) is 1. The zero-order valence-corrected chi connectivity index (χ0v) is 21.0. The first-order chi connectivity index (χ1) is 16.2. The molecule has 2 aromatic rings. The minimum Gasteiger partial charge on any atom is -0.352 e. The summed E-state index contributed by atoms with van der Waals surface area (Å²) >= 11 is 0. The van der Waals surface area contributed by atoms with Crippen LogP contribution in [0.3, 0.4) is 0 Å². The van der Waals surface area contributed by atoms with E-state index in [1.807, 2.05) is 21.3 Å². The Morgan fingerprint density at radius 1 is 1.21 bits per heavy atom. The molecule has 1 aliphatic rings. The summed E-state index contributed by atoms with van der Waals surface area (Å²) in [6.45, 7) is 9.52. The normalized spacial score (nSPS) is 15.1. The number of nitrogens with one attached hydrogen (secondary N) is 1. The van der Waals surface area contributed by atoms with Crippen LogP contribution in [0.15, 0.2) is 35.7 Å². The van der Waals surface area contributed by atoms with Crippen LogP contribution in [-0.4, -0.2) is 97.3 Å². The highest BCUT2D eigenvalue weighted by Gasteiger charge is 2.23. The van der Waals surface area contributed by atoms with Crippen LogP contribution in [0.25, 0.3) is 11.0 Å². The summed E-state index contributed by atoms with van der Waals surface area (Å²) in [4.78, 5) is 33.4. The van der Waals surface area contributed by atoms with Gasteiger partial charge >= 0.3 is 0 Å². The number of fused-ring (bicyclic) bond motifs is 1. The molecule has 1 fully saturated rings. The van der Waals surface area contributed by atoms with E-state index in [0.717, 1.165) is 11.3 Å². The van der Waals surface area contributed by atoms with Crippen molar-refractivity contribution in [2.45, 2.75) is 31.2 Å². The molecule has 0 bridgehead atoms. The number of imidazole rings is 1. The summed E-state index contributed by atoms with van der Waals surface area (Å²) in [6, 6.07) is 4.96. The van der Waals surface area contributed by atoms with Crippen LogP contribution in [-0.2, 0) is 32.6 Å². The van der Waals surface area contributed by atoms with E-state index >= 15 is 0 Å². The van der Waals surface area contributed by atoms with E-state index in [4.69, 9.17) is 0 Å². The van der Waals surface area contributed by atoms with Gasteiger partial charge in [-0.1, -0.05) is 6.08 Å². The molecule has 0 radical (unpaired) electrons. The van der Waals surface area contributed by atoms with E-state index in [-0.39, 0.29) is 16.7 Å². The summed E-state index contributed by atoms with van der Waals surface area (Å²) in [6.07, 6.45) is 2.44. The zero-order valence-electron chi connectivity index (χ0n) is 20.2. The number of sulfonamides is 1. The van der Waals surface area contributed by atoms with Gasteiger partial charge in [-0.2, -0.15) is 0 Å². The first-order valence-corrected chi connectivity index (χ1v) is 12.9. The maximum absolute atomic E-state index is 12.8. The summed E-state index contributed by atoms with van der Waals surface area (Å²) < 4.78 is 28.1. The lowest BCUT2D eigenvalue weighted by molar-refractivity contribution is -0.133. The Labute approximate surface area is 201 Å². The smallest absolute Gasteiger partial charge is 0.242 e. The standard InChI is InChI=1S/C23H34N6O4S/c1-5-11-24-22(30)17-27-12-14-28(15-13-27)23(31)10-9-21-25-19-16-18(34(32,33)26(3)4)7-8-20(19)29(21)6-2/h5,7-8,16H,1,6,9-15,17H2,2-4H3,(H,24,30). The first-order valence-electron chi connectivity index (χ1n) is 11.5. The molecule has 3 rings (SSSR count). The number of hydrogen-bond acceptors (Lipinski definition) is 6. The number of aromatic nitrogens is 2. The molecule has 1 aromatic carbocycles. The highest BCUT2D eigenvalue weighted by atomic mass is 32.2. The lowest BCUT2D eigenvalue weighted by Gasteiger charge is -2.34. The molecular weight excluding hydrogens is 456 g/mol. The van der Waals surface area contributed by atoms with Crippen LogP contribution in [0.2, 0.25) is 0 Å². The van der Waals surface area contributed by atoms with Gasteiger partial charge in [-0.3, -0.25) is 14.5 Å². The van der Waals surface area contributed by atoms with Crippen LogP contribution < -0.4 is 5.32 Å². The number of rotatable bonds is 10. The second-order valence-electron chi connectivity index (χ2n) is 8.46. The molecule has 1 aromatic heterocycles. The van der Waals surface area contributed by atoms with Crippen LogP contribution in [0, 0.1) is 0 Å². The average Bonchev–Trinajstić information content (AvgIpc) is 3.18. The second kappa shape index (κ2) is 11.1. The summed E-state index contributed by atoms with van der Waals surface area (Å²) in [5.74, 6) is 0.781. The predicted molar refractivity (Wildman–Crippen MR) is 131 cm³/mol. The highest BCUT2D eigenvalue weighted by molar-refractivity contribution is 7.89. The van der Waals surface area contributed by atoms with Crippen molar-refractivity contribution in [1.29, 1.82) is 0 Å². The quantitative estimate of drug-likeness (QED) is 0.491. The number of carbonyl (C=O) groups is 2. The molecule has 186 valence electrons. The topological polar surface area (TPSA) is 108 Å². The van der Waals surface area contributed by atoms with Gasteiger partial charge in [0.05, 0.1) is 22.5 Å². The van der Waals surface area contributed by atoms with Gasteiger partial charge in [0, 0.05) is 66.2 Å². The minimum atomic E-state index is -3.55. The van der Waals surface area contributed by atoms with Crippen molar-refractivity contribution >= 4 is 32.9 Å². The van der Waals surface area contributed by atoms with Crippen molar-refractivity contribution in [3.8, 4) is 0 Å². The Hall–Kier alpha value is -2.76. The Morgan fingerprint density at radius 3 is 2.53 bits per heavy atom. The number of aryl methyl sites for hydroxylation is 2. The number of amides is 2. The van der Waals surface area contributed by atoms with Crippen molar-refractivity contribution in [2.75, 3.05) is 53.4 Å². The highest BCUT2D eigenvalue weighted by Crippen LogP contribution is 2.23.